The summed E-state index contributed by atoms with van der Waals surface area (Å²) in [7, 11) is 0. The van der Waals surface area contributed by atoms with Crippen molar-refractivity contribution in [1.29, 1.82) is 0 Å². The molecule has 0 aromatic heterocycles. The van der Waals surface area contributed by atoms with Crippen molar-refractivity contribution in [3.05, 3.63) is 0 Å². The highest BCUT2D eigenvalue weighted by Gasteiger charge is 2.41. The van der Waals surface area contributed by atoms with Gasteiger partial charge in [0.1, 0.15) is 0 Å². The molecule has 0 radical (unpaired) electrons. The molecule has 0 unspecified atom stereocenters. The fourth-order valence-corrected chi connectivity index (χ4v) is 2.10. The topological polar surface area (TPSA) is 46.2 Å². The van der Waals surface area contributed by atoms with Crippen LogP contribution >= 0.6 is 11.8 Å². The van der Waals surface area contributed by atoms with Gasteiger partial charge in [-0.15, -0.1) is 0 Å². The van der Waals surface area contributed by atoms with Gasteiger partial charge in [0.25, 0.3) is 0 Å². The van der Waals surface area contributed by atoms with Crippen LogP contribution in [0, 0.1) is 0 Å². The molecule has 54 valence electrons. The number of aliphatic hydroxyl groups excluding tert-OH is 1. The monoisotopic (exact) mass is 147 g/mol. The molecule has 0 bridgehead atoms. The SMILES string of the molecule is CSC1(CN)CC(O)C1. The summed E-state index contributed by atoms with van der Waals surface area (Å²) in [6.07, 6.45) is 3.73. The van der Waals surface area contributed by atoms with Crippen molar-refractivity contribution in [2.45, 2.75) is 23.7 Å². The second kappa shape index (κ2) is 2.48. The molecule has 0 aliphatic heterocycles. The molecule has 1 saturated carbocycles. The van der Waals surface area contributed by atoms with Crippen molar-refractivity contribution in [1.82, 2.24) is 0 Å². The quantitative estimate of drug-likeness (QED) is 0.586. The van der Waals surface area contributed by atoms with Gasteiger partial charge in [-0.1, -0.05) is 0 Å². The van der Waals surface area contributed by atoms with Crippen molar-refractivity contribution >= 4 is 11.8 Å². The zero-order valence-corrected chi connectivity index (χ0v) is 6.45. The van der Waals surface area contributed by atoms with E-state index in [1.165, 1.54) is 0 Å². The van der Waals surface area contributed by atoms with Crippen LogP contribution in [0.4, 0.5) is 0 Å². The third-order valence-corrected chi connectivity index (χ3v) is 3.39. The lowest BCUT2D eigenvalue weighted by Crippen LogP contribution is -2.49. The van der Waals surface area contributed by atoms with Crippen molar-refractivity contribution in [3.63, 3.8) is 0 Å². The maximum atomic E-state index is 8.98. The average Bonchev–Trinajstić information content (AvgIpc) is 1.81. The largest absolute Gasteiger partial charge is 0.393 e. The number of hydrogen-bond donors (Lipinski definition) is 2. The molecule has 0 atom stereocenters. The zero-order valence-electron chi connectivity index (χ0n) is 5.63. The molecule has 1 aliphatic rings. The number of aliphatic hydroxyl groups is 1. The van der Waals surface area contributed by atoms with Crippen LogP contribution in [0.5, 0.6) is 0 Å². The van der Waals surface area contributed by atoms with Crippen LogP contribution in [0.2, 0.25) is 0 Å². The molecule has 0 amide bonds. The summed E-state index contributed by atoms with van der Waals surface area (Å²) in [6.45, 7) is 0.700. The van der Waals surface area contributed by atoms with Crippen LogP contribution in [0.15, 0.2) is 0 Å². The van der Waals surface area contributed by atoms with E-state index in [1.807, 2.05) is 0 Å². The zero-order chi connectivity index (χ0) is 6.91. The molecule has 0 aromatic rings. The minimum Gasteiger partial charge on any atom is -0.393 e. The third-order valence-electron chi connectivity index (χ3n) is 2.02. The van der Waals surface area contributed by atoms with E-state index in [0.29, 0.717) is 6.54 Å². The Morgan fingerprint density at radius 3 is 2.44 bits per heavy atom. The fraction of sp³-hybridized carbons (Fsp3) is 1.00. The number of rotatable bonds is 2. The summed E-state index contributed by atoms with van der Waals surface area (Å²) in [5.74, 6) is 0. The molecule has 0 saturated heterocycles. The molecule has 0 spiro atoms. The lowest BCUT2D eigenvalue weighted by Gasteiger charge is -2.43. The van der Waals surface area contributed by atoms with Crippen molar-refractivity contribution in [3.8, 4) is 0 Å². The Balaban J connectivity index is 2.36. The number of nitrogens with two attached hydrogens (primary N) is 1. The van der Waals surface area contributed by atoms with Gasteiger partial charge in [-0.3, -0.25) is 0 Å². The second-order valence-electron chi connectivity index (χ2n) is 2.65. The maximum absolute atomic E-state index is 8.98. The van der Waals surface area contributed by atoms with Crippen LogP contribution in [-0.4, -0.2) is 28.8 Å². The molecule has 0 heterocycles. The van der Waals surface area contributed by atoms with Gasteiger partial charge in [-0.05, 0) is 19.1 Å². The first-order valence-electron chi connectivity index (χ1n) is 3.16. The Morgan fingerprint density at radius 1 is 1.78 bits per heavy atom. The molecule has 0 aromatic carbocycles. The summed E-state index contributed by atoms with van der Waals surface area (Å²) in [5, 5.41) is 8.98. The van der Waals surface area contributed by atoms with Crippen LogP contribution in [-0.2, 0) is 0 Å². The van der Waals surface area contributed by atoms with Gasteiger partial charge in [0, 0.05) is 11.3 Å². The predicted molar refractivity (Wildman–Crippen MR) is 40.5 cm³/mol. The van der Waals surface area contributed by atoms with E-state index in [1.54, 1.807) is 11.8 Å². The molecular weight excluding hydrogens is 134 g/mol. The average molecular weight is 147 g/mol. The molecule has 3 heteroatoms. The second-order valence-corrected chi connectivity index (χ2v) is 3.93. The van der Waals surface area contributed by atoms with E-state index in [9.17, 15) is 0 Å². The van der Waals surface area contributed by atoms with Gasteiger partial charge in [-0.25, -0.2) is 0 Å². The van der Waals surface area contributed by atoms with Gasteiger partial charge in [-0.2, -0.15) is 11.8 Å². The lowest BCUT2D eigenvalue weighted by atomic mass is 9.81. The van der Waals surface area contributed by atoms with Crippen LogP contribution in [0.3, 0.4) is 0 Å². The molecule has 1 fully saturated rings. The van der Waals surface area contributed by atoms with Crippen LogP contribution in [0.25, 0.3) is 0 Å². The molecule has 3 N–H and O–H groups in total. The predicted octanol–water partition coefficient (Wildman–Crippen LogP) is 0.202. The maximum Gasteiger partial charge on any atom is 0.0567 e. The number of thioether (sulfide) groups is 1. The van der Waals surface area contributed by atoms with E-state index >= 15 is 0 Å². The first-order chi connectivity index (χ1) is 4.22. The Kier molecular flexibility index (Phi) is 2.03. The van der Waals surface area contributed by atoms with E-state index in [2.05, 4.69) is 6.26 Å². The smallest absolute Gasteiger partial charge is 0.0567 e. The van der Waals surface area contributed by atoms with Crippen LogP contribution < -0.4 is 5.73 Å². The third kappa shape index (κ3) is 1.23. The van der Waals surface area contributed by atoms with Crippen molar-refractivity contribution in [2.75, 3.05) is 12.8 Å². The molecule has 1 aliphatic carbocycles. The van der Waals surface area contributed by atoms with Gasteiger partial charge >= 0.3 is 0 Å². The standard InChI is InChI=1S/C6H13NOS/c1-9-6(4-7)2-5(8)3-6/h5,8H,2-4,7H2,1H3. The fourth-order valence-electron chi connectivity index (χ4n) is 1.22. The minimum atomic E-state index is -0.0824. The van der Waals surface area contributed by atoms with Gasteiger partial charge in [0.15, 0.2) is 0 Å². The summed E-state index contributed by atoms with van der Waals surface area (Å²) in [5.41, 5.74) is 5.51. The Bertz CT molecular complexity index is 95.2. The Hall–Kier alpha value is 0.270. The van der Waals surface area contributed by atoms with E-state index in [0.717, 1.165) is 12.8 Å². The van der Waals surface area contributed by atoms with E-state index in [4.69, 9.17) is 10.8 Å². The Labute approximate surface area is 59.8 Å². The summed E-state index contributed by atoms with van der Waals surface area (Å²) >= 11 is 1.78. The first kappa shape index (κ1) is 7.38. The molecule has 2 nitrogen and oxygen atoms in total. The summed E-state index contributed by atoms with van der Waals surface area (Å²) in [4.78, 5) is 0. The summed E-state index contributed by atoms with van der Waals surface area (Å²) in [6, 6.07) is 0. The highest BCUT2D eigenvalue weighted by Crippen LogP contribution is 2.41. The van der Waals surface area contributed by atoms with E-state index in [-0.39, 0.29) is 10.9 Å². The van der Waals surface area contributed by atoms with Gasteiger partial charge in [0.05, 0.1) is 6.10 Å². The molecular formula is C6H13NOS. The van der Waals surface area contributed by atoms with Crippen molar-refractivity contribution < 1.29 is 5.11 Å². The normalized spacial score (nSPS) is 42.3. The number of hydrogen-bond acceptors (Lipinski definition) is 3. The molecule has 1 rings (SSSR count). The Morgan fingerprint density at radius 2 is 2.33 bits per heavy atom. The lowest BCUT2D eigenvalue weighted by molar-refractivity contribution is 0.0645. The molecule has 9 heavy (non-hydrogen) atoms. The highest BCUT2D eigenvalue weighted by atomic mass is 32.2. The highest BCUT2D eigenvalue weighted by molar-refractivity contribution is 8.00. The summed E-state index contributed by atoms with van der Waals surface area (Å²) < 4.78 is 0.222. The van der Waals surface area contributed by atoms with Crippen LogP contribution in [0.1, 0.15) is 12.8 Å². The van der Waals surface area contributed by atoms with Gasteiger partial charge < -0.3 is 10.8 Å². The minimum absolute atomic E-state index is 0.0824. The van der Waals surface area contributed by atoms with Crippen molar-refractivity contribution in [2.24, 2.45) is 5.73 Å². The first-order valence-corrected chi connectivity index (χ1v) is 4.38. The van der Waals surface area contributed by atoms with E-state index < -0.39 is 0 Å². The van der Waals surface area contributed by atoms with Gasteiger partial charge in [0.2, 0.25) is 0 Å².